The Hall–Kier alpha value is -2.38. The van der Waals surface area contributed by atoms with E-state index in [1.807, 2.05) is 13.8 Å². The van der Waals surface area contributed by atoms with Crippen molar-refractivity contribution in [3.8, 4) is 0 Å². The number of carbonyl (C=O) groups excluding carboxylic acids is 6. The van der Waals surface area contributed by atoms with Gasteiger partial charge in [-0.05, 0) is 39.7 Å². The summed E-state index contributed by atoms with van der Waals surface area (Å²) >= 11 is 0. The third-order valence-electron chi connectivity index (χ3n) is 9.97. The molecule has 20 nitrogen and oxygen atoms in total. The molecule has 0 aromatic carbocycles. The van der Waals surface area contributed by atoms with Gasteiger partial charge in [0.2, 0.25) is 23.6 Å². The molecular weight excluding hydrogens is 922 g/mol. The summed E-state index contributed by atoms with van der Waals surface area (Å²) in [5.74, 6) is -3.17. The Balaban J connectivity index is -0.00000192. The monoisotopic (exact) mass is 1010 g/mol. The number of carboxylic acids is 2. The van der Waals surface area contributed by atoms with Gasteiger partial charge in [-0.3, -0.25) is 24.0 Å². The Morgan fingerprint density at radius 1 is 0.551 bits per heavy atom. The standard InChI is InChI=1S/C41H74N5O13.C4H8BNO.C2H6.K/c42-34(31-47)17-15-16-22-43-38(50)32-58-29-28-57-26-24-45-39(51)33-59-30-27-56-25-23-44-36(48)21-20-35(41(54)55)46-37(49)18-13-11-9-7-5-3-1-2-4-6-8-10-12-14-19-40(52)53;1-3(6-2)4(5)7;1-2;/h31,34-35,42H,1-30,32-33H2,(H,43,50)(H,44,48)(H,45,51)(H,46,49)(H,52,53)(H,54,55);3,6H,1-2H3;1-2H3;/q-1;;;+1. The number of aldehydes is 1. The number of rotatable bonds is 46. The molecule has 3 atom stereocenters. The van der Waals surface area contributed by atoms with E-state index >= 15 is 0 Å². The van der Waals surface area contributed by atoms with E-state index in [2.05, 4.69) is 26.6 Å². The minimum absolute atomic E-state index is 0. The van der Waals surface area contributed by atoms with Gasteiger partial charge in [0.15, 0.2) is 7.85 Å². The average molecular weight is 1010 g/mol. The Morgan fingerprint density at radius 2 is 0.971 bits per heavy atom. The zero-order valence-electron chi connectivity index (χ0n) is 42.8. The van der Waals surface area contributed by atoms with Crippen LogP contribution in [0.2, 0.25) is 0 Å². The van der Waals surface area contributed by atoms with E-state index in [0.29, 0.717) is 38.5 Å². The molecule has 3 unspecified atom stereocenters. The third kappa shape index (κ3) is 58.1. The fourth-order valence-corrected chi connectivity index (χ4v) is 5.90. The van der Waals surface area contributed by atoms with Gasteiger partial charge in [0.05, 0.1) is 51.4 Å². The van der Waals surface area contributed by atoms with Gasteiger partial charge in [0, 0.05) is 38.9 Å². The Bertz CT molecular complexity index is 1310. The molecule has 0 bridgehead atoms. The first-order chi connectivity index (χ1) is 32.7. The normalized spacial score (nSPS) is 11.7. The minimum atomic E-state index is -1.19. The van der Waals surface area contributed by atoms with Crippen molar-refractivity contribution in [2.45, 2.75) is 174 Å². The molecule has 0 fully saturated rings. The summed E-state index contributed by atoms with van der Waals surface area (Å²) in [4.78, 5) is 90.7. The van der Waals surface area contributed by atoms with Gasteiger partial charge in [-0.2, -0.15) is 0 Å². The second-order valence-electron chi connectivity index (χ2n) is 15.9. The van der Waals surface area contributed by atoms with E-state index in [0.717, 1.165) is 38.5 Å². The smallest absolute Gasteiger partial charge is 0.669 e. The van der Waals surface area contributed by atoms with Gasteiger partial charge in [0.25, 0.3) is 0 Å². The maximum absolute atomic E-state index is 12.3. The summed E-state index contributed by atoms with van der Waals surface area (Å²) in [6, 6.07) is -2.06. The number of hydrogen-bond acceptors (Lipinski definition) is 13. The number of amides is 4. The van der Waals surface area contributed by atoms with Crippen LogP contribution in [-0.4, -0.2) is 163 Å². The predicted octanol–water partition coefficient (Wildman–Crippen LogP) is 1.19. The molecule has 0 aromatic heterocycles. The van der Waals surface area contributed by atoms with Crippen LogP contribution in [0.25, 0.3) is 5.73 Å². The summed E-state index contributed by atoms with van der Waals surface area (Å²) in [7, 11) is 6.53. The Morgan fingerprint density at radius 3 is 1.38 bits per heavy atom. The van der Waals surface area contributed by atoms with Crippen LogP contribution in [0.4, 0.5) is 0 Å². The van der Waals surface area contributed by atoms with E-state index in [1.54, 1.807) is 14.0 Å². The van der Waals surface area contributed by atoms with Gasteiger partial charge in [0.1, 0.15) is 25.5 Å². The number of likely N-dealkylation sites (N-methyl/N-ethyl adjacent to an activating group) is 1. The summed E-state index contributed by atoms with van der Waals surface area (Å²) in [6.45, 7) is 7.67. The van der Waals surface area contributed by atoms with Crippen LogP contribution in [0, 0.1) is 0 Å². The molecule has 0 saturated heterocycles. The number of carbonyl (C=O) groups is 8. The summed E-state index contributed by atoms with van der Waals surface area (Å²) < 4.78 is 21.2. The molecule has 22 heteroatoms. The number of ether oxygens (including phenoxy) is 4. The number of nitrogens with one attached hydrogen (secondary N) is 6. The number of carboxylic acid groups (broad SMARTS) is 2. The summed E-state index contributed by atoms with van der Waals surface area (Å²) in [5, 5.41) is 31.4. The van der Waals surface area contributed by atoms with Gasteiger partial charge in [-0.15, -0.1) is 0 Å². The van der Waals surface area contributed by atoms with Crippen molar-refractivity contribution in [2.75, 3.05) is 79.5 Å². The maximum atomic E-state index is 12.3. The first kappa shape index (κ1) is 73.2. The molecule has 69 heavy (non-hydrogen) atoms. The van der Waals surface area contributed by atoms with E-state index in [4.69, 9.17) is 37.6 Å². The van der Waals surface area contributed by atoms with Crippen LogP contribution in [0.5, 0.6) is 0 Å². The van der Waals surface area contributed by atoms with Gasteiger partial charge < -0.3 is 71.1 Å². The molecule has 0 saturated carbocycles. The number of aliphatic carboxylic acids is 2. The van der Waals surface area contributed by atoms with Crippen molar-refractivity contribution in [3.05, 3.63) is 5.73 Å². The molecule has 0 spiro atoms. The van der Waals surface area contributed by atoms with Crippen LogP contribution >= 0.6 is 0 Å². The molecule has 394 valence electrons. The fourth-order valence-electron chi connectivity index (χ4n) is 5.90. The summed E-state index contributed by atoms with van der Waals surface area (Å²) in [6.07, 6.45) is 17.9. The molecule has 0 aromatic rings. The van der Waals surface area contributed by atoms with E-state index < -0.39 is 24.0 Å². The number of unbranched alkanes of at least 4 members (excludes halogenated alkanes) is 14. The van der Waals surface area contributed by atoms with Crippen molar-refractivity contribution >= 4 is 55.4 Å². The van der Waals surface area contributed by atoms with Gasteiger partial charge in [-0.25, -0.2) is 4.79 Å². The van der Waals surface area contributed by atoms with Crippen molar-refractivity contribution in [1.29, 1.82) is 0 Å². The average Bonchev–Trinajstić information content (AvgIpc) is 3.31. The van der Waals surface area contributed by atoms with Crippen LogP contribution in [0.1, 0.15) is 156 Å². The van der Waals surface area contributed by atoms with Crippen molar-refractivity contribution in [3.63, 3.8) is 0 Å². The maximum Gasteiger partial charge on any atom is 1.00 e. The Kier molecular flexibility index (Phi) is 59.9. The Labute approximate surface area is 456 Å². The molecule has 0 rings (SSSR count). The second-order valence-corrected chi connectivity index (χ2v) is 15.9. The van der Waals surface area contributed by atoms with Gasteiger partial charge in [-0.1, -0.05) is 110 Å². The van der Waals surface area contributed by atoms with Crippen molar-refractivity contribution < 1.29 is 119 Å². The molecule has 0 aliphatic heterocycles. The van der Waals surface area contributed by atoms with Crippen LogP contribution < -0.4 is 78.0 Å². The van der Waals surface area contributed by atoms with E-state index in [9.17, 15) is 43.5 Å². The quantitative estimate of drug-likeness (QED) is 0.0256. The molecular formula is C47H88BKN6O14. The van der Waals surface area contributed by atoms with Crippen LogP contribution in [-0.2, 0) is 57.3 Å². The largest absolute Gasteiger partial charge is 1.00 e. The fraction of sp³-hybridized carbons (Fsp3) is 0.830. The van der Waals surface area contributed by atoms with E-state index in [1.165, 1.54) is 44.9 Å². The molecule has 8 N–H and O–H groups in total. The predicted molar refractivity (Wildman–Crippen MR) is 261 cm³/mol. The third-order valence-corrected chi connectivity index (χ3v) is 9.97. The second kappa shape index (κ2) is 56.5. The van der Waals surface area contributed by atoms with Crippen molar-refractivity contribution in [1.82, 2.24) is 26.6 Å². The number of hydrogen-bond donors (Lipinski definition) is 7. The molecule has 0 aliphatic carbocycles. The van der Waals surface area contributed by atoms with E-state index in [-0.39, 0.29) is 178 Å². The SMILES string of the molecule is CC.[B]C(=O)C(C)NC.[K+].[NH-]C(C=O)CCCCNC(=O)COCCOCCNC(=O)COCCOCCNC(=O)CCC(NC(=O)CCCCCCCCCCCCCCCCC(=O)O)C(=O)O. The van der Waals surface area contributed by atoms with Gasteiger partial charge >= 0.3 is 63.3 Å². The molecule has 2 radical (unpaired) electrons. The first-order valence-electron chi connectivity index (χ1n) is 24.7. The van der Waals surface area contributed by atoms with Crippen LogP contribution in [0.3, 0.4) is 0 Å². The minimum Gasteiger partial charge on any atom is -0.669 e. The molecule has 0 heterocycles. The molecule has 4 amide bonds. The molecule has 0 aliphatic rings. The first-order valence-corrected chi connectivity index (χ1v) is 24.7. The topological polar surface area (TPSA) is 298 Å². The van der Waals surface area contributed by atoms with Crippen molar-refractivity contribution in [2.24, 2.45) is 0 Å². The zero-order chi connectivity index (χ0) is 51.5. The summed E-state index contributed by atoms with van der Waals surface area (Å²) in [5.41, 5.74) is 7.01. The zero-order valence-corrected chi connectivity index (χ0v) is 45.9. The van der Waals surface area contributed by atoms with Crippen LogP contribution in [0.15, 0.2) is 0 Å².